The predicted molar refractivity (Wildman–Crippen MR) is 92.2 cm³/mol. The summed E-state index contributed by atoms with van der Waals surface area (Å²) >= 11 is 0. The summed E-state index contributed by atoms with van der Waals surface area (Å²) in [4.78, 5) is 2.40. The lowest BCUT2D eigenvalue weighted by Gasteiger charge is -2.44. The normalized spacial score (nSPS) is 25.9. The van der Waals surface area contributed by atoms with Crippen molar-refractivity contribution >= 4 is 0 Å². The fourth-order valence-corrected chi connectivity index (χ4v) is 3.76. The molecular weight excluding hydrogens is 306 g/mol. The summed E-state index contributed by atoms with van der Waals surface area (Å²) < 4.78 is 16.7. The molecule has 2 aliphatic rings. The van der Waals surface area contributed by atoms with Gasteiger partial charge < -0.3 is 19.3 Å². The smallest absolute Gasteiger partial charge is 0.118 e. The number of ether oxygens (including phenoxy) is 3. The zero-order chi connectivity index (χ0) is 16.8. The third-order valence-electron chi connectivity index (χ3n) is 5.03. The Balaban J connectivity index is 1.40. The second kappa shape index (κ2) is 8.81. The largest absolute Gasteiger partial charge is 0.497 e. The third-order valence-corrected chi connectivity index (χ3v) is 5.03. The summed E-state index contributed by atoms with van der Waals surface area (Å²) in [7, 11) is 1.66. The van der Waals surface area contributed by atoms with Crippen molar-refractivity contribution in [1.29, 1.82) is 0 Å². The highest BCUT2D eigenvalue weighted by atomic mass is 16.5. The van der Waals surface area contributed by atoms with Crippen LogP contribution in [0.25, 0.3) is 0 Å². The number of hydrogen-bond acceptors (Lipinski definition) is 5. The van der Waals surface area contributed by atoms with Crippen molar-refractivity contribution in [1.82, 2.24) is 4.90 Å². The van der Waals surface area contributed by atoms with Gasteiger partial charge in [0.2, 0.25) is 0 Å². The summed E-state index contributed by atoms with van der Waals surface area (Å²) in [5, 5.41) is 10.3. The van der Waals surface area contributed by atoms with Crippen LogP contribution in [0.15, 0.2) is 24.3 Å². The van der Waals surface area contributed by atoms with Gasteiger partial charge in [0.25, 0.3) is 0 Å². The van der Waals surface area contributed by atoms with Crippen molar-refractivity contribution in [2.45, 2.75) is 50.5 Å². The third kappa shape index (κ3) is 4.70. The number of benzene rings is 1. The summed E-state index contributed by atoms with van der Waals surface area (Å²) in [5.41, 5.74) is 1.08. The first-order valence-corrected chi connectivity index (χ1v) is 9.00. The number of morpholine rings is 1. The van der Waals surface area contributed by atoms with E-state index in [-0.39, 0.29) is 0 Å². The lowest BCUT2D eigenvalue weighted by atomic mass is 9.90. The van der Waals surface area contributed by atoms with Gasteiger partial charge >= 0.3 is 0 Å². The number of rotatable bonds is 7. The molecule has 0 radical (unpaired) electrons. The number of hydrogen-bond donors (Lipinski definition) is 1. The average Bonchev–Trinajstić information content (AvgIpc) is 2.63. The molecule has 1 saturated carbocycles. The first-order valence-electron chi connectivity index (χ1n) is 9.00. The summed E-state index contributed by atoms with van der Waals surface area (Å²) in [6, 6.07) is 8.29. The molecule has 0 bridgehead atoms. The van der Waals surface area contributed by atoms with Gasteiger partial charge in [0, 0.05) is 19.1 Å². The molecular formula is C19H29NO4. The highest BCUT2D eigenvalue weighted by molar-refractivity contribution is 5.26. The Morgan fingerprint density at radius 1 is 1.25 bits per heavy atom. The van der Waals surface area contributed by atoms with Gasteiger partial charge in [0.1, 0.15) is 5.75 Å². The molecule has 0 amide bonds. The van der Waals surface area contributed by atoms with E-state index in [1.165, 1.54) is 19.3 Å². The van der Waals surface area contributed by atoms with Crippen LogP contribution in [0.2, 0.25) is 0 Å². The van der Waals surface area contributed by atoms with Gasteiger partial charge in [-0.2, -0.15) is 0 Å². The fourth-order valence-electron chi connectivity index (χ4n) is 3.76. The van der Waals surface area contributed by atoms with Crippen molar-refractivity contribution in [3.63, 3.8) is 0 Å². The molecule has 1 N–H and O–H groups in total. The molecule has 0 aromatic heterocycles. The Kier molecular flexibility index (Phi) is 6.49. The van der Waals surface area contributed by atoms with Crippen LogP contribution in [-0.2, 0) is 16.1 Å². The molecule has 5 heteroatoms. The zero-order valence-electron chi connectivity index (χ0n) is 14.5. The lowest BCUT2D eigenvalue weighted by Crippen LogP contribution is -2.54. The predicted octanol–water partition coefficient (Wildman–Crippen LogP) is 2.22. The van der Waals surface area contributed by atoms with Gasteiger partial charge in [-0.15, -0.1) is 0 Å². The molecule has 1 saturated heterocycles. The van der Waals surface area contributed by atoms with Crippen LogP contribution in [0.5, 0.6) is 5.75 Å². The Bertz CT molecular complexity index is 491. The minimum Gasteiger partial charge on any atom is -0.497 e. The number of aliphatic hydroxyl groups excluding tert-OH is 1. The van der Waals surface area contributed by atoms with E-state index in [0.29, 0.717) is 31.9 Å². The number of aliphatic hydroxyl groups is 1. The van der Waals surface area contributed by atoms with Crippen LogP contribution >= 0.6 is 0 Å². The highest BCUT2D eigenvalue weighted by Crippen LogP contribution is 2.28. The van der Waals surface area contributed by atoms with E-state index in [2.05, 4.69) is 4.90 Å². The van der Waals surface area contributed by atoms with Crippen LogP contribution in [0.1, 0.15) is 31.2 Å². The van der Waals surface area contributed by atoms with Crippen LogP contribution in [-0.4, -0.2) is 61.7 Å². The molecule has 1 heterocycles. The van der Waals surface area contributed by atoms with Crippen molar-refractivity contribution in [2.24, 2.45) is 0 Å². The van der Waals surface area contributed by atoms with Crippen LogP contribution in [0, 0.1) is 0 Å². The average molecular weight is 335 g/mol. The summed E-state index contributed by atoms with van der Waals surface area (Å²) in [5.74, 6) is 0.841. The lowest BCUT2D eigenvalue weighted by molar-refractivity contribution is -0.103. The van der Waals surface area contributed by atoms with Crippen LogP contribution < -0.4 is 4.74 Å². The molecule has 0 spiro atoms. The molecule has 1 aliphatic carbocycles. The number of β-amino-alcohol motifs (C(OH)–C–C–N with tert-alkyl or cyclic N) is 1. The fraction of sp³-hybridized carbons (Fsp3) is 0.684. The second-order valence-corrected chi connectivity index (χ2v) is 6.77. The molecule has 0 unspecified atom stereocenters. The Labute approximate surface area is 144 Å². The first-order chi connectivity index (χ1) is 11.8. The van der Waals surface area contributed by atoms with E-state index in [1.807, 2.05) is 24.3 Å². The first kappa shape index (κ1) is 17.7. The van der Waals surface area contributed by atoms with E-state index in [1.54, 1.807) is 7.11 Å². The van der Waals surface area contributed by atoms with Crippen LogP contribution in [0.3, 0.4) is 0 Å². The van der Waals surface area contributed by atoms with E-state index in [9.17, 15) is 5.11 Å². The summed E-state index contributed by atoms with van der Waals surface area (Å²) in [6.07, 6.45) is 4.78. The van der Waals surface area contributed by atoms with E-state index >= 15 is 0 Å². The van der Waals surface area contributed by atoms with Crippen LogP contribution in [0.4, 0.5) is 0 Å². The molecule has 1 aromatic carbocycles. The maximum atomic E-state index is 10.3. The maximum absolute atomic E-state index is 10.3. The molecule has 1 aliphatic heterocycles. The molecule has 1 aromatic rings. The summed E-state index contributed by atoms with van der Waals surface area (Å²) in [6.45, 7) is 3.24. The van der Waals surface area contributed by atoms with Gasteiger partial charge in [0.15, 0.2) is 0 Å². The number of methoxy groups -OCH3 is 1. The molecule has 3 rings (SSSR count). The standard InChI is InChI=1S/C19H29NO4/c1-22-17-8-6-15(7-9-17)13-23-14-16(21)12-20-10-11-24-19-5-3-2-4-18(19)20/h6-9,16,18-19,21H,2-5,10-14H2,1H3/t16-,18+,19-/m1/s1. The van der Waals surface area contributed by atoms with Gasteiger partial charge in [0.05, 0.1) is 39.1 Å². The van der Waals surface area contributed by atoms with Gasteiger partial charge in [-0.25, -0.2) is 0 Å². The zero-order valence-corrected chi connectivity index (χ0v) is 14.5. The molecule has 24 heavy (non-hydrogen) atoms. The second-order valence-electron chi connectivity index (χ2n) is 6.77. The minimum absolute atomic E-state index is 0.361. The van der Waals surface area contributed by atoms with Crippen molar-refractivity contribution in [3.8, 4) is 5.75 Å². The van der Waals surface area contributed by atoms with Crippen molar-refractivity contribution in [2.75, 3.05) is 33.4 Å². The van der Waals surface area contributed by atoms with Gasteiger partial charge in [-0.1, -0.05) is 25.0 Å². The molecule has 3 atom stereocenters. The topological polar surface area (TPSA) is 51.2 Å². The van der Waals surface area contributed by atoms with Crippen molar-refractivity contribution in [3.05, 3.63) is 29.8 Å². The quantitative estimate of drug-likeness (QED) is 0.828. The van der Waals surface area contributed by atoms with E-state index in [4.69, 9.17) is 14.2 Å². The molecule has 5 nitrogen and oxygen atoms in total. The van der Waals surface area contributed by atoms with E-state index in [0.717, 1.165) is 30.9 Å². The highest BCUT2D eigenvalue weighted by Gasteiger charge is 2.34. The van der Waals surface area contributed by atoms with Gasteiger partial charge in [-0.3, -0.25) is 4.90 Å². The number of fused-ring (bicyclic) bond motifs is 1. The SMILES string of the molecule is COc1ccc(COC[C@H](O)CN2CCO[C@@H]3CCCC[C@@H]32)cc1. The van der Waals surface area contributed by atoms with E-state index < -0.39 is 6.10 Å². The Hall–Kier alpha value is -1.14. The Morgan fingerprint density at radius 2 is 2.04 bits per heavy atom. The Morgan fingerprint density at radius 3 is 2.83 bits per heavy atom. The van der Waals surface area contributed by atoms with Crippen molar-refractivity contribution < 1.29 is 19.3 Å². The van der Waals surface area contributed by atoms with Gasteiger partial charge in [-0.05, 0) is 30.5 Å². The monoisotopic (exact) mass is 335 g/mol. The molecule has 2 fully saturated rings. The minimum atomic E-state index is -0.455. The number of nitrogens with zero attached hydrogens (tertiary/aromatic N) is 1. The maximum Gasteiger partial charge on any atom is 0.118 e. The molecule has 134 valence electrons.